The Hall–Kier alpha value is -2.69. The van der Waals surface area contributed by atoms with E-state index < -0.39 is 0 Å². The van der Waals surface area contributed by atoms with Crippen LogP contribution in [0.25, 0.3) is 16.4 Å². The fourth-order valence-corrected chi connectivity index (χ4v) is 4.75. The second-order valence-corrected chi connectivity index (χ2v) is 9.05. The maximum Gasteiger partial charge on any atom is 0.234 e. The number of hydrogen-bond donors (Lipinski definition) is 1. The van der Waals surface area contributed by atoms with Crippen molar-refractivity contribution in [1.82, 2.24) is 29.5 Å². The van der Waals surface area contributed by atoms with Crippen molar-refractivity contribution in [2.45, 2.75) is 24.0 Å². The van der Waals surface area contributed by atoms with E-state index in [0.717, 1.165) is 28.7 Å². The number of benzene rings is 1. The van der Waals surface area contributed by atoms with Crippen LogP contribution in [0, 0.1) is 0 Å². The van der Waals surface area contributed by atoms with E-state index in [2.05, 4.69) is 30.2 Å². The Morgan fingerprint density at radius 3 is 2.93 bits per heavy atom. The molecule has 0 unspecified atom stereocenters. The summed E-state index contributed by atoms with van der Waals surface area (Å²) in [6.45, 7) is 0. The van der Waals surface area contributed by atoms with Crippen LogP contribution in [0.5, 0.6) is 0 Å². The van der Waals surface area contributed by atoms with Gasteiger partial charge in [0, 0.05) is 11.1 Å². The van der Waals surface area contributed by atoms with E-state index in [1.165, 1.54) is 18.1 Å². The minimum atomic E-state index is -0.161. The third-order valence-electron chi connectivity index (χ3n) is 4.55. The molecule has 1 amide bonds. The topological polar surface area (TPSA) is 90.5 Å². The molecule has 1 aliphatic carbocycles. The molecule has 1 saturated carbocycles. The van der Waals surface area contributed by atoms with Gasteiger partial charge in [-0.05, 0) is 42.5 Å². The van der Waals surface area contributed by atoms with Gasteiger partial charge in [0.05, 0.1) is 22.0 Å². The summed E-state index contributed by atoms with van der Waals surface area (Å²) in [5, 5.41) is 19.1. The number of aromatic nitrogens is 6. The lowest BCUT2D eigenvalue weighted by Crippen LogP contribution is -2.16. The highest BCUT2D eigenvalue weighted by atomic mass is 35.5. The van der Waals surface area contributed by atoms with Gasteiger partial charge in [-0.25, -0.2) is 9.67 Å². The maximum absolute atomic E-state index is 12.7. The highest BCUT2D eigenvalue weighted by Crippen LogP contribution is 2.41. The van der Waals surface area contributed by atoms with Crippen molar-refractivity contribution < 1.29 is 4.79 Å². The lowest BCUT2D eigenvalue weighted by molar-refractivity contribution is -0.113. The summed E-state index contributed by atoms with van der Waals surface area (Å²) >= 11 is 9.15. The van der Waals surface area contributed by atoms with Gasteiger partial charge in [-0.2, -0.15) is 5.10 Å². The van der Waals surface area contributed by atoms with Crippen molar-refractivity contribution in [3.05, 3.63) is 53.4 Å². The average Bonchev–Trinajstić information content (AvgIpc) is 3.18. The molecule has 8 nitrogen and oxygen atoms in total. The smallest absolute Gasteiger partial charge is 0.234 e. The van der Waals surface area contributed by atoms with Crippen molar-refractivity contribution in [2.75, 3.05) is 11.1 Å². The van der Waals surface area contributed by atoms with Crippen LogP contribution in [-0.4, -0.2) is 41.2 Å². The molecule has 11 heteroatoms. The number of thiophene rings is 1. The van der Waals surface area contributed by atoms with Gasteiger partial charge in [0.2, 0.25) is 5.91 Å². The summed E-state index contributed by atoms with van der Waals surface area (Å²) < 4.78 is 3.74. The Morgan fingerprint density at radius 1 is 1.30 bits per heavy atom. The van der Waals surface area contributed by atoms with Crippen molar-refractivity contribution in [3.8, 4) is 16.4 Å². The average molecular weight is 458 g/mol. The van der Waals surface area contributed by atoms with Gasteiger partial charge in [-0.3, -0.25) is 9.36 Å². The summed E-state index contributed by atoms with van der Waals surface area (Å²) in [5.74, 6) is 0.920. The zero-order chi connectivity index (χ0) is 20.5. The van der Waals surface area contributed by atoms with Crippen LogP contribution < -0.4 is 5.32 Å². The van der Waals surface area contributed by atoms with E-state index in [1.54, 1.807) is 40.5 Å². The molecule has 30 heavy (non-hydrogen) atoms. The summed E-state index contributed by atoms with van der Waals surface area (Å²) in [5.41, 5.74) is 1.26. The number of anilines is 1. The lowest BCUT2D eigenvalue weighted by atomic mass is 10.2. The molecule has 1 fully saturated rings. The molecular formula is C19H16ClN7OS2. The van der Waals surface area contributed by atoms with Crippen LogP contribution in [0.4, 0.5) is 5.69 Å². The van der Waals surface area contributed by atoms with Crippen LogP contribution in [0.15, 0.2) is 53.5 Å². The molecule has 0 radical (unpaired) electrons. The fraction of sp³-hybridized carbons (Fsp3) is 0.211. The van der Waals surface area contributed by atoms with Gasteiger partial charge < -0.3 is 5.32 Å². The largest absolute Gasteiger partial charge is 0.323 e. The summed E-state index contributed by atoms with van der Waals surface area (Å²) in [4.78, 5) is 17.7. The Kier molecular flexibility index (Phi) is 5.28. The minimum absolute atomic E-state index is 0.161. The van der Waals surface area contributed by atoms with E-state index in [1.807, 2.05) is 17.5 Å². The summed E-state index contributed by atoms with van der Waals surface area (Å²) in [6.07, 6.45) is 5.23. The number of carbonyl (C=O) groups excluding carboxylic acids is 1. The molecule has 3 aromatic heterocycles. The SMILES string of the molecule is O=C(CSc1nnc(-c2cccs2)n1C1CC1)Nc1cc(Cl)ccc1-n1cncn1. The van der Waals surface area contributed by atoms with Crippen molar-refractivity contribution >= 4 is 46.3 Å². The molecule has 1 aromatic carbocycles. The number of amides is 1. The first kappa shape index (κ1) is 19.3. The van der Waals surface area contributed by atoms with Gasteiger partial charge in [0.25, 0.3) is 0 Å². The van der Waals surface area contributed by atoms with Gasteiger partial charge in [-0.15, -0.1) is 21.5 Å². The summed E-state index contributed by atoms with van der Waals surface area (Å²) in [6, 6.07) is 9.69. The Labute approximate surface area is 185 Å². The Bertz CT molecular complexity index is 1170. The monoisotopic (exact) mass is 457 g/mol. The lowest BCUT2D eigenvalue weighted by Gasteiger charge is -2.11. The van der Waals surface area contributed by atoms with E-state index in [0.29, 0.717) is 22.4 Å². The molecule has 4 aromatic rings. The van der Waals surface area contributed by atoms with Gasteiger partial charge in [-0.1, -0.05) is 29.4 Å². The quantitative estimate of drug-likeness (QED) is 0.416. The van der Waals surface area contributed by atoms with Gasteiger partial charge in [0.1, 0.15) is 12.7 Å². The maximum atomic E-state index is 12.7. The predicted octanol–water partition coefficient (Wildman–Crippen LogP) is 4.31. The zero-order valence-electron chi connectivity index (χ0n) is 15.6. The molecule has 5 rings (SSSR count). The van der Waals surface area contributed by atoms with Crippen LogP contribution in [0.3, 0.4) is 0 Å². The van der Waals surface area contributed by atoms with Crippen molar-refractivity contribution in [3.63, 3.8) is 0 Å². The van der Waals surface area contributed by atoms with Crippen LogP contribution in [0.2, 0.25) is 5.02 Å². The second-order valence-electron chi connectivity index (χ2n) is 6.72. The van der Waals surface area contributed by atoms with Crippen molar-refractivity contribution in [1.29, 1.82) is 0 Å². The molecule has 1 N–H and O–H groups in total. The second kappa shape index (κ2) is 8.21. The highest BCUT2D eigenvalue weighted by molar-refractivity contribution is 7.99. The van der Waals surface area contributed by atoms with E-state index in [9.17, 15) is 4.79 Å². The zero-order valence-corrected chi connectivity index (χ0v) is 18.0. The Morgan fingerprint density at radius 2 is 2.20 bits per heavy atom. The van der Waals surface area contributed by atoms with Crippen LogP contribution in [0.1, 0.15) is 18.9 Å². The fourth-order valence-electron chi connectivity index (χ4n) is 3.07. The first-order chi connectivity index (χ1) is 14.7. The first-order valence-corrected chi connectivity index (χ1v) is 11.5. The molecule has 0 aliphatic heterocycles. The molecule has 0 atom stereocenters. The van der Waals surface area contributed by atoms with Crippen LogP contribution in [-0.2, 0) is 4.79 Å². The molecular weight excluding hydrogens is 442 g/mol. The summed E-state index contributed by atoms with van der Waals surface area (Å²) in [7, 11) is 0. The van der Waals surface area contributed by atoms with E-state index in [-0.39, 0.29) is 11.7 Å². The van der Waals surface area contributed by atoms with Crippen molar-refractivity contribution in [2.24, 2.45) is 0 Å². The number of carbonyl (C=O) groups is 1. The normalized spacial score (nSPS) is 13.5. The van der Waals surface area contributed by atoms with E-state index >= 15 is 0 Å². The van der Waals surface area contributed by atoms with Crippen LogP contribution >= 0.6 is 34.7 Å². The number of halogens is 1. The highest BCUT2D eigenvalue weighted by Gasteiger charge is 2.30. The Balaban J connectivity index is 1.32. The molecule has 0 saturated heterocycles. The minimum Gasteiger partial charge on any atom is -0.323 e. The van der Waals surface area contributed by atoms with E-state index in [4.69, 9.17) is 11.6 Å². The van der Waals surface area contributed by atoms with Gasteiger partial charge in [0.15, 0.2) is 11.0 Å². The number of rotatable bonds is 7. The number of nitrogens with one attached hydrogen (secondary N) is 1. The number of nitrogens with zero attached hydrogens (tertiary/aromatic N) is 6. The third kappa shape index (κ3) is 3.98. The molecule has 0 spiro atoms. The number of hydrogen-bond acceptors (Lipinski definition) is 7. The molecule has 0 bridgehead atoms. The molecule has 3 heterocycles. The molecule has 1 aliphatic rings. The predicted molar refractivity (Wildman–Crippen MR) is 117 cm³/mol. The molecule has 152 valence electrons. The standard InChI is InChI=1S/C19H16ClN7OS2/c20-12-3-6-15(26-11-21-10-22-26)14(8-12)23-17(28)9-30-19-25-24-18(16-2-1-7-29-16)27(19)13-4-5-13/h1-3,6-8,10-11,13H,4-5,9H2,(H,23,28). The van der Waals surface area contributed by atoms with Gasteiger partial charge >= 0.3 is 0 Å². The number of thioether (sulfide) groups is 1. The first-order valence-electron chi connectivity index (χ1n) is 9.25. The third-order valence-corrected chi connectivity index (χ3v) is 6.59.